The van der Waals surface area contributed by atoms with Gasteiger partial charge in [-0.1, -0.05) is 114 Å². The van der Waals surface area contributed by atoms with Gasteiger partial charge in [-0.15, -0.1) is 0 Å². The number of aryl methyl sites for hydroxylation is 2. The summed E-state index contributed by atoms with van der Waals surface area (Å²) in [5.74, 6) is 0. The standard InChI is InChI=1S/C53H33F3N4/c1-32-10-8-12-34(24-32)36-18-22-49-44(27-36)41-14-4-6-16-47(41)59(49)51-29-43(40-21-20-39(53(54,55)56)26-38(40)31-57)46(58-3)30-52(51)60-48-17-7-5-15-42(48)45-28-37(19-23-50(45)60)35-13-9-11-33(2)25-35/h4-30H,1-2H3. The number of benzene rings is 8. The number of nitrogens with zero attached hydrogens (tertiary/aromatic N) is 4. The van der Waals surface area contributed by atoms with Gasteiger partial charge in [0.2, 0.25) is 0 Å². The fraction of sp³-hybridized carbons (Fsp3) is 0.0566. The van der Waals surface area contributed by atoms with E-state index in [2.05, 4.69) is 137 Å². The second-order valence-electron chi connectivity index (χ2n) is 15.2. The molecule has 2 heterocycles. The zero-order valence-corrected chi connectivity index (χ0v) is 32.5. The SMILES string of the molecule is [C-]#[N+]c1cc(-n2c3ccccc3c3cc(-c4cccc(C)c4)ccc32)c(-n2c3ccccc3c3cc(-c4cccc(C)c4)ccc32)cc1-c1ccc(C(F)(F)F)cc1C#N. The molecule has 2 aromatic heterocycles. The highest BCUT2D eigenvalue weighted by molar-refractivity contribution is 6.13. The fourth-order valence-electron chi connectivity index (χ4n) is 8.75. The average Bonchev–Trinajstić information content (AvgIpc) is 3.77. The highest BCUT2D eigenvalue weighted by Gasteiger charge is 2.32. The van der Waals surface area contributed by atoms with Gasteiger partial charge in [0.05, 0.1) is 57.2 Å². The van der Waals surface area contributed by atoms with Gasteiger partial charge in [-0.25, -0.2) is 4.85 Å². The minimum Gasteiger partial charge on any atom is -0.308 e. The summed E-state index contributed by atoms with van der Waals surface area (Å²) in [7, 11) is 0. The Morgan fingerprint density at radius 2 is 1.00 bits per heavy atom. The van der Waals surface area contributed by atoms with E-state index >= 15 is 0 Å². The molecule has 4 nitrogen and oxygen atoms in total. The van der Waals surface area contributed by atoms with Crippen LogP contribution in [0.4, 0.5) is 18.9 Å². The summed E-state index contributed by atoms with van der Waals surface area (Å²) < 4.78 is 46.1. The third-order valence-electron chi connectivity index (χ3n) is 11.5. The Labute approximate surface area is 344 Å². The normalized spacial score (nSPS) is 11.7. The van der Waals surface area contributed by atoms with Crippen molar-refractivity contribution in [2.24, 2.45) is 0 Å². The smallest absolute Gasteiger partial charge is 0.308 e. The van der Waals surface area contributed by atoms with Gasteiger partial charge in [-0.2, -0.15) is 18.4 Å². The highest BCUT2D eigenvalue weighted by Crippen LogP contribution is 2.45. The lowest BCUT2D eigenvalue weighted by Crippen LogP contribution is -2.06. The van der Waals surface area contributed by atoms with Gasteiger partial charge in [0.1, 0.15) is 0 Å². The molecule has 0 radical (unpaired) electrons. The van der Waals surface area contributed by atoms with Crippen molar-refractivity contribution in [3.8, 4) is 50.8 Å². The minimum absolute atomic E-state index is 0.168. The maximum atomic E-state index is 13.9. The van der Waals surface area contributed by atoms with Crippen molar-refractivity contribution in [3.05, 3.63) is 197 Å². The number of aromatic nitrogens is 2. The Balaban J connectivity index is 1.32. The monoisotopic (exact) mass is 782 g/mol. The molecule has 0 saturated heterocycles. The molecule has 286 valence electrons. The molecule has 8 aromatic carbocycles. The van der Waals surface area contributed by atoms with Crippen LogP contribution in [0.1, 0.15) is 22.3 Å². The van der Waals surface area contributed by atoms with E-state index < -0.39 is 11.7 Å². The first-order valence-corrected chi connectivity index (χ1v) is 19.5. The van der Waals surface area contributed by atoms with E-state index in [9.17, 15) is 18.4 Å². The molecule has 0 amide bonds. The maximum absolute atomic E-state index is 13.9. The van der Waals surface area contributed by atoms with Gasteiger partial charge in [0, 0.05) is 21.5 Å². The Hall–Kier alpha value is -7.87. The predicted molar refractivity (Wildman–Crippen MR) is 237 cm³/mol. The van der Waals surface area contributed by atoms with Gasteiger partial charge in [-0.3, -0.25) is 0 Å². The quantitative estimate of drug-likeness (QED) is 0.160. The molecule has 0 saturated carbocycles. The number of halogens is 3. The molecule has 0 aliphatic carbocycles. The Kier molecular flexibility index (Phi) is 8.45. The third-order valence-corrected chi connectivity index (χ3v) is 11.5. The van der Waals surface area contributed by atoms with Crippen LogP contribution in [0.15, 0.2) is 164 Å². The molecule has 10 aromatic rings. The molecular formula is C53H33F3N4. The van der Waals surface area contributed by atoms with Crippen LogP contribution in [-0.4, -0.2) is 9.13 Å². The molecule has 0 fully saturated rings. The Bertz CT molecular complexity index is 3480. The molecule has 7 heteroatoms. The van der Waals surface area contributed by atoms with Gasteiger partial charge in [0.25, 0.3) is 0 Å². The van der Waals surface area contributed by atoms with Gasteiger partial charge >= 0.3 is 6.18 Å². The van der Waals surface area contributed by atoms with Gasteiger partial charge in [-0.05, 0) is 108 Å². The van der Waals surface area contributed by atoms with Crippen LogP contribution in [0.2, 0.25) is 0 Å². The topological polar surface area (TPSA) is 38.0 Å². The summed E-state index contributed by atoms with van der Waals surface area (Å²) >= 11 is 0. The van der Waals surface area contributed by atoms with E-state index in [1.54, 1.807) is 0 Å². The summed E-state index contributed by atoms with van der Waals surface area (Å²) in [5.41, 5.74) is 11.4. The van der Waals surface area contributed by atoms with E-state index in [4.69, 9.17) is 6.57 Å². The molecule has 10 rings (SSSR count). The first kappa shape index (κ1) is 36.5. The second kappa shape index (κ2) is 13.9. The Morgan fingerprint density at radius 1 is 0.500 bits per heavy atom. The van der Waals surface area contributed by atoms with E-state index in [0.717, 1.165) is 89.1 Å². The zero-order valence-electron chi connectivity index (χ0n) is 32.5. The Morgan fingerprint density at radius 3 is 1.50 bits per heavy atom. The number of nitriles is 1. The van der Waals surface area contributed by atoms with Crippen LogP contribution < -0.4 is 0 Å². The van der Waals surface area contributed by atoms with Gasteiger partial charge < -0.3 is 9.13 Å². The minimum atomic E-state index is -4.64. The van der Waals surface area contributed by atoms with Crippen molar-refractivity contribution in [2.75, 3.05) is 0 Å². The second-order valence-corrected chi connectivity index (χ2v) is 15.2. The van der Waals surface area contributed by atoms with Crippen molar-refractivity contribution >= 4 is 49.3 Å². The van der Waals surface area contributed by atoms with Crippen LogP contribution in [0.3, 0.4) is 0 Å². The number of fused-ring (bicyclic) bond motifs is 6. The van der Waals surface area contributed by atoms with E-state index in [1.807, 2.05) is 42.5 Å². The number of para-hydroxylation sites is 2. The van der Waals surface area contributed by atoms with Crippen molar-refractivity contribution in [1.82, 2.24) is 9.13 Å². The average molecular weight is 783 g/mol. The van der Waals surface area contributed by atoms with E-state index in [1.165, 1.54) is 6.07 Å². The van der Waals surface area contributed by atoms with Crippen molar-refractivity contribution < 1.29 is 13.2 Å². The number of hydrogen-bond donors (Lipinski definition) is 0. The summed E-state index contributed by atoms with van der Waals surface area (Å²) in [6.07, 6.45) is -4.64. The third kappa shape index (κ3) is 5.91. The summed E-state index contributed by atoms with van der Waals surface area (Å²) in [4.78, 5) is 3.98. The fourth-order valence-corrected chi connectivity index (χ4v) is 8.75. The predicted octanol–water partition coefficient (Wildman–Crippen LogP) is 14.9. The summed E-state index contributed by atoms with van der Waals surface area (Å²) in [6, 6.07) is 54.9. The molecule has 0 spiro atoms. The molecule has 0 aliphatic heterocycles. The molecule has 0 bridgehead atoms. The van der Waals surface area contributed by atoms with E-state index in [-0.39, 0.29) is 16.8 Å². The lowest BCUT2D eigenvalue weighted by Gasteiger charge is -2.20. The van der Waals surface area contributed by atoms with Gasteiger partial charge in [0.15, 0.2) is 5.69 Å². The molecule has 0 aliphatic rings. The zero-order chi connectivity index (χ0) is 41.3. The van der Waals surface area contributed by atoms with Crippen molar-refractivity contribution in [1.29, 1.82) is 5.26 Å². The van der Waals surface area contributed by atoms with Crippen molar-refractivity contribution in [3.63, 3.8) is 0 Å². The van der Waals surface area contributed by atoms with Crippen LogP contribution >= 0.6 is 0 Å². The van der Waals surface area contributed by atoms with Crippen molar-refractivity contribution in [2.45, 2.75) is 20.0 Å². The van der Waals surface area contributed by atoms with Crippen LogP contribution in [0.5, 0.6) is 0 Å². The van der Waals surface area contributed by atoms with Crippen LogP contribution in [0.25, 0.3) is 93.2 Å². The number of alkyl halides is 3. The lowest BCUT2D eigenvalue weighted by atomic mass is 9.95. The number of rotatable bonds is 5. The summed E-state index contributed by atoms with van der Waals surface area (Å²) in [5, 5.41) is 14.4. The highest BCUT2D eigenvalue weighted by atomic mass is 19.4. The lowest BCUT2D eigenvalue weighted by molar-refractivity contribution is -0.137. The largest absolute Gasteiger partial charge is 0.416 e. The first-order valence-electron chi connectivity index (χ1n) is 19.5. The number of hydrogen-bond acceptors (Lipinski definition) is 1. The molecule has 0 unspecified atom stereocenters. The molecule has 60 heavy (non-hydrogen) atoms. The summed E-state index contributed by atoms with van der Waals surface area (Å²) in [6.45, 7) is 12.6. The molecule has 0 N–H and O–H groups in total. The molecular weight excluding hydrogens is 750 g/mol. The molecule has 0 atom stereocenters. The van der Waals surface area contributed by atoms with E-state index in [0.29, 0.717) is 16.9 Å². The van der Waals surface area contributed by atoms with Crippen LogP contribution in [0, 0.1) is 31.8 Å². The maximum Gasteiger partial charge on any atom is 0.416 e. The first-order chi connectivity index (χ1) is 29.1. The van der Waals surface area contributed by atoms with Crippen LogP contribution in [-0.2, 0) is 6.18 Å².